The fourth-order valence-electron chi connectivity index (χ4n) is 2.89. The van der Waals surface area contributed by atoms with Crippen LogP contribution in [0.4, 0.5) is 5.82 Å². The minimum absolute atomic E-state index is 0.297. The third kappa shape index (κ3) is 3.25. The molecular formula is C15H22N2O2. The molecule has 0 spiro atoms. The minimum atomic E-state index is -0.912. The van der Waals surface area contributed by atoms with Gasteiger partial charge in [0.15, 0.2) is 0 Å². The molecule has 0 bridgehead atoms. The Hall–Kier alpha value is -1.58. The van der Waals surface area contributed by atoms with Crippen LogP contribution in [-0.2, 0) is 0 Å². The second kappa shape index (κ2) is 6.04. The van der Waals surface area contributed by atoms with Crippen LogP contribution in [0.3, 0.4) is 0 Å². The molecule has 1 heterocycles. The van der Waals surface area contributed by atoms with Gasteiger partial charge in [0.2, 0.25) is 0 Å². The van der Waals surface area contributed by atoms with E-state index >= 15 is 0 Å². The first-order valence-electron chi connectivity index (χ1n) is 7.02. The van der Waals surface area contributed by atoms with Gasteiger partial charge in [0.05, 0.1) is 0 Å². The number of anilines is 1. The van der Waals surface area contributed by atoms with Crippen molar-refractivity contribution in [1.82, 2.24) is 4.98 Å². The topological polar surface area (TPSA) is 62.2 Å². The maximum Gasteiger partial charge on any atom is 0.339 e. The summed E-state index contributed by atoms with van der Waals surface area (Å²) in [4.78, 5) is 15.5. The first kappa shape index (κ1) is 13.8. The molecule has 2 N–H and O–H groups in total. The summed E-state index contributed by atoms with van der Waals surface area (Å²) in [5.41, 5.74) is 1.05. The van der Waals surface area contributed by atoms with Crippen LogP contribution in [0.15, 0.2) is 12.3 Å². The average Bonchev–Trinajstić information content (AvgIpc) is 2.37. The third-order valence-electron chi connectivity index (χ3n) is 4.19. The highest BCUT2D eigenvalue weighted by molar-refractivity contribution is 5.94. The lowest BCUT2D eigenvalue weighted by Crippen LogP contribution is -2.25. The molecule has 0 saturated heterocycles. The van der Waals surface area contributed by atoms with Gasteiger partial charge in [0, 0.05) is 12.7 Å². The van der Waals surface area contributed by atoms with Gasteiger partial charge in [-0.15, -0.1) is 0 Å². The van der Waals surface area contributed by atoms with Crippen molar-refractivity contribution < 1.29 is 9.90 Å². The summed E-state index contributed by atoms with van der Waals surface area (Å²) >= 11 is 0. The van der Waals surface area contributed by atoms with E-state index in [-0.39, 0.29) is 0 Å². The van der Waals surface area contributed by atoms with E-state index in [1.807, 2.05) is 0 Å². The Morgan fingerprint density at radius 1 is 1.47 bits per heavy atom. The summed E-state index contributed by atoms with van der Waals surface area (Å²) in [7, 11) is 0. The molecule has 1 saturated carbocycles. The number of rotatable bonds is 4. The van der Waals surface area contributed by atoms with E-state index in [1.54, 1.807) is 19.2 Å². The van der Waals surface area contributed by atoms with Crippen molar-refractivity contribution in [3.8, 4) is 0 Å². The van der Waals surface area contributed by atoms with Gasteiger partial charge in [-0.05, 0) is 36.8 Å². The molecule has 2 rings (SSSR count). The Kier molecular flexibility index (Phi) is 4.40. The average molecular weight is 262 g/mol. The standard InChI is InChI=1S/C15H22N2O2/c1-10-5-3-4-6-12(10)9-17-14-13(15(18)19)11(2)7-8-16-14/h7-8,10,12H,3-6,9H2,1-2H3,(H,16,17)(H,18,19). The van der Waals surface area contributed by atoms with E-state index in [1.165, 1.54) is 25.7 Å². The van der Waals surface area contributed by atoms with E-state index in [0.29, 0.717) is 23.2 Å². The third-order valence-corrected chi connectivity index (χ3v) is 4.19. The molecule has 0 radical (unpaired) electrons. The first-order valence-corrected chi connectivity index (χ1v) is 7.02. The van der Waals surface area contributed by atoms with Crippen molar-refractivity contribution >= 4 is 11.8 Å². The molecule has 4 heteroatoms. The maximum absolute atomic E-state index is 11.3. The van der Waals surface area contributed by atoms with Crippen LogP contribution in [-0.4, -0.2) is 22.6 Å². The van der Waals surface area contributed by atoms with E-state index in [2.05, 4.69) is 17.2 Å². The molecule has 1 aliphatic carbocycles. The molecule has 104 valence electrons. The highest BCUT2D eigenvalue weighted by atomic mass is 16.4. The molecule has 19 heavy (non-hydrogen) atoms. The van der Waals surface area contributed by atoms with Crippen LogP contribution in [0.1, 0.15) is 48.5 Å². The smallest absolute Gasteiger partial charge is 0.339 e. The summed E-state index contributed by atoms with van der Waals surface area (Å²) in [6.07, 6.45) is 6.76. The number of carboxylic acids is 1. The molecule has 2 unspecified atom stereocenters. The Balaban J connectivity index is 2.07. The van der Waals surface area contributed by atoms with Crippen LogP contribution in [0.25, 0.3) is 0 Å². The van der Waals surface area contributed by atoms with Crippen LogP contribution in [0.5, 0.6) is 0 Å². The van der Waals surface area contributed by atoms with Crippen LogP contribution in [0.2, 0.25) is 0 Å². The Morgan fingerprint density at radius 2 is 2.21 bits per heavy atom. The van der Waals surface area contributed by atoms with Crippen LogP contribution >= 0.6 is 0 Å². The largest absolute Gasteiger partial charge is 0.478 e. The van der Waals surface area contributed by atoms with E-state index in [0.717, 1.165) is 12.1 Å². The molecule has 0 aliphatic heterocycles. The second-order valence-corrected chi connectivity index (χ2v) is 5.56. The molecule has 1 aromatic heterocycles. The number of nitrogens with zero attached hydrogens (tertiary/aromatic N) is 1. The predicted molar refractivity (Wildman–Crippen MR) is 75.5 cm³/mol. The van der Waals surface area contributed by atoms with Gasteiger partial charge in [-0.1, -0.05) is 26.2 Å². The van der Waals surface area contributed by atoms with Gasteiger partial charge < -0.3 is 10.4 Å². The zero-order chi connectivity index (χ0) is 13.8. The summed E-state index contributed by atoms with van der Waals surface area (Å²) in [5, 5.41) is 12.5. The lowest BCUT2D eigenvalue weighted by atomic mass is 9.80. The molecule has 0 amide bonds. The Labute approximate surface area is 114 Å². The molecule has 1 aromatic rings. The first-order chi connectivity index (χ1) is 9.09. The SMILES string of the molecule is Cc1ccnc(NCC2CCCCC2C)c1C(=O)O. The highest BCUT2D eigenvalue weighted by Crippen LogP contribution is 2.30. The highest BCUT2D eigenvalue weighted by Gasteiger charge is 2.22. The number of aromatic carboxylic acids is 1. The number of carbonyl (C=O) groups is 1. The Morgan fingerprint density at radius 3 is 2.89 bits per heavy atom. The number of hydrogen-bond acceptors (Lipinski definition) is 3. The maximum atomic E-state index is 11.3. The van der Waals surface area contributed by atoms with Gasteiger partial charge in [0.1, 0.15) is 11.4 Å². The molecule has 0 aromatic carbocycles. The summed E-state index contributed by atoms with van der Waals surface area (Å²) in [6, 6.07) is 1.73. The molecule has 4 nitrogen and oxygen atoms in total. The summed E-state index contributed by atoms with van der Waals surface area (Å²) in [6.45, 7) is 4.91. The number of nitrogens with one attached hydrogen (secondary N) is 1. The normalized spacial score (nSPS) is 23.1. The zero-order valence-electron chi connectivity index (χ0n) is 11.6. The van der Waals surface area contributed by atoms with E-state index in [9.17, 15) is 9.90 Å². The molecule has 1 fully saturated rings. The van der Waals surface area contributed by atoms with Crippen molar-refractivity contribution in [2.45, 2.75) is 39.5 Å². The van der Waals surface area contributed by atoms with Crippen molar-refractivity contribution in [3.63, 3.8) is 0 Å². The van der Waals surface area contributed by atoms with E-state index in [4.69, 9.17) is 0 Å². The monoisotopic (exact) mass is 262 g/mol. The van der Waals surface area contributed by atoms with Crippen molar-refractivity contribution in [2.75, 3.05) is 11.9 Å². The second-order valence-electron chi connectivity index (χ2n) is 5.56. The Bertz CT molecular complexity index is 459. The van der Waals surface area contributed by atoms with Gasteiger partial charge in [0.25, 0.3) is 0 Å². The number of hydrogen-bond donors (Lipinski definition) is 2. The number of aryl methyl sites for hydroxylation is 1. The van der Waals surface area contributed by atoms with Gasteiger partial charge in [-0.25, -0.2) is 9.78 Å². The summed E-state index contributed by atoms with van der Waals surface area (Å²) < 4.78 is 0. The predicted octanol–water partition coefficient (Wildman–Crippen LogP) is 3.33. The lowest BCUT2D eigenvalue weighted by Gasteiger charge is -2.29. The number of carboxylic acid groups (broad SMARTS) is 1. The fraction of sp³-hybridized carbons (Fsp3) is 0.600. The van der Waals surface area contributed by atoms with Crippen LogP contribution < -0.4 is 5.32 Å². The van der Waals surface area contributed by atoms with Crippen molar-refractivity contribution in [2.24, 2.45) is 11.8 Å². The van der Waals surface area contributed by atoms with Crippen LogP contribution in [0, 0.1) is 18.8 Å². The van der Waals surface area contributed by atoms with Gasteiger partial charge in [-0.3, -0.25) is 0 Å². The minimum Gasteiger partial charge on any atom is -0.478 e. The van der Waals surface area contributed by atoms with E-state index < -0.39 is 5.97 Å². The quantitative estimate of drug-likeness (QED) is 0.873. The zero-order valence-corrected chi connectivity index (χ0v) is 11.6. The number of aromatic nitrogens is 1. The van der Waals surface area contributed by atoms with Gasteiger partial charge in [-0.2, -0.15) is 0 Å². The molecule has 2 atom stereocenters. The van der Waals surface area contributed by atoms with Crippen molar-refractivity contribution in [3.05, 3.63) is 23.4 Å². The number of pyridine rings is 1. The van der Waals surface area contributed by atoms with Gasteiger partial charge >= 0.3 is 5.97 Å². The van der Waals surface area contributed by atoms with Crippen molar-refractivity contribution in [1.29, 1.82) is 0 Å². The molecule has 1 aliphatic rings. The fourth-order valence-corrected chi connectivity index (χ4v) is 2.89. The lowest BCUT2D eigenvalue weighted by molar-refractivity contribution is 0.0696. The molecular weight excluding hydrogens is 240 g/mol. The summed E-state index contributed by atoms with van der Waals surface area (Å²) in [5.74, 6) is 0.923.